The monoisotopic (exact) mass is 152 g/mol. The smallest absolute Gasteiger partial charge is 0.307 e. The van der Waals surface area contributed by atoms with Gasteiger partial charge < -0.3 is 4.74 Å². The van der Waals surface area contributed by atoms with E-state index in [1.807, 2.05) is 13.8 Å². The molecule has 2 nitrogen and oxygen atoms in total. The van der Waals surface area contributed by atoms with Crippen LogP contribution in [0, 0.1) is 23.7 Å². The van der Waals surface area contributed by atoms with Crippen molar-refractivity contribution in [3.05, 3.63) is 0 Å². The number of rotatable bonds is 0. The molecule has 1 saturated heterocycles. The van der Waals surface area contributed by atoms with Gasteiger partial charge >= 0.3 is 5.97 Å². The quantitative estimate of drug-likeness (QED) is 0.385. The van der Waals surface area contributed by atoms with E-state index in [9.17, 15) is 4.79 Å². The van der Waals surface area contributed by atoms with E-state index in [1.165, 1.54) is 0 Å². The molecule has 1 aliphatic rings. The fourth-order valence-corrected chi connectivity index (χ4v) is 0.890. The lowest BCUT2D eigenvalue weighted by Crippen LogP contribution is -1.94. The van der Waals surface area contributed by atoms with Crippen molar-refractivity contribution in [2.75, 3.05) is 6.61 Å². The van der Waals surface area contributed by atoms with Crippen molar-refractivity contribution in [2.24, 2.45) is 11.8 Å². The molecule has 0 bridgehead atoms. The van der Waals surface area contributed by atoms with Gasteiger partial charge in [-0.3, -0.25) is 4.79 Å². The van der Waals surface area contributed by atoms with E-state index in [0.29, 0.717) is 18.9 Å². The molecule has 0 spiro atoms. The van der Waals surface area contributed by atoms with Crippen LogP contribution in [-0.4, -0.2) is 12.6 Å². The molecule has 1 fully saturated rings. The van der Waals surface area contributed by atoms with Crippen LogP contribution < -0.4 is 0 Å². The van der Waals surface area contributed by atoms with E-state index in [-0.39, 0.29) is 11.9 Å². The highest BCUT2D eigenvalue weighted by molar-refractivity contribution is 5.72. The first-order valence-corrected chi connectivity index (χ1v) is 3.85. The van der Waals surface area contributed by atoms with E-state index in [1.54, 1.807) is 0 Å². The van der Waals surface area contributed by atoms with Crippen molar-refractivity contribution in [3.8, 4) is 11.8 Å². The summed E-state index contributed by atoms with van der Waals surface area (Å²) in [6, 6.07) is 0. The molecule has 0 saturated carbocycles. The number of ether oxygens (including phenoxy) is 1. The van der Waals surface area contributed by atoms with Crippen LogP contribution >= 0.6 is 0 Å². The molecule has 0 amide bonds. The second-order valence-corrected chi connectivity index (χ2v) is 3.03. The van der Waals surface area contributed by atoms with Gasteiger partial charge in [0.2, 0.25) is 0 Å². The van der Waals surface area contributed by atoms with Gasteiger partial charge in [-0.1, -0.05) is 19.8 Å². The van der Waals surface area contributed by atoms with Gasteiger partial charge in [-0.2, -0.15) is 0 Å². The van der Waals surface area contributed by atoms with Gasteiger partial charge in [-0.05, 0) is 0 Å². The third-order valence-electron chi connectivity index (χ3n) is 1.43. The van der Waals surface area contributed by atoms with Crippen LogP contribution in [0.5, 0.6) is 0 Å². The molecule has 0 aliphatic carbocycles. The standard InChI is InChI=1S/C9H12O2/c1-7(2)3-4-8-5-9(10)11-6-8/h7-8H,5-6H2,1-2H3/t8-/m0/s1. The van der Waals surface area contributed by atoms with Crippen LogP contribution in [0.4, 0.5) is 0 Å². The van der Waals surface area contributed by atoms with Crippen LogP contribution in [0.15, 0.2) is 0 Å². The summed E-state index contributed by atoms with van der Waals surface area (Å²) in [5.41, 5.74) is 0. The molecular formula is C9H12O2. The Labute approximate surface area is 66.9 Å². The molecular weight excluding hydrogens is 140 g/mol. The Morgan fingerprint density at radius 1 is 1.64 bits per heavy atom. The van der Waals surface area contributed by atoms with Crippen molar-refractivity contribution in [1.82, 2.24) is 0 Å². The van der Waals surface area contributed by atoms with E-state index in [0.717, 1.165) is 0 Å². The summed E-state index contributed by atoms with van der Waals surface area (Å²) in [5.74, 6) is 6.45. The van der Waals surface area contributed by atoms with Crippen LogP contribution in [0.1, 0.15) is 20.3 Å². The van der Waals surface area contributed by atoms with Crippen LogP contribution in [0.2, 0.25) is 0 Å². The third-order valence-corrected chi connectivity index (χ3v) is 1.43. The van der Waals surface area contributed by atoms with E-state index >= 15 is 0 Å². The topological polar surface area (TPSA) is 26.3 Å². The zero-order valence-corrected chi connectivity index (χ0v) is 6.89. The Morgan fingerprint density at radius 3 is 2.82 bits per heavy atom. The first kappa shape index (κ1) is 8.13. The number of hydrogen-bond donors (Lipinski definition) is 0. The fraction of sp³-hybridized carbons (Fsp3) is 0.667. The lowest BCUT2D eigenvalue weighted by Gasteiger charge is -1.92. The lowest BCUT2D eigenvalue weighted by molar-refractivity contribution is -0.137. The zero-order chi connectivity index (χ0) is 8.27. The van der Waals surface area contributed by atoms with Gasteiger partial charge in [0, 0.05) is 5.92 Å². The predicted molar refractivity (Wildman–Crippen MR) is 41.7 cm³/mol. The van der Waals surface area contributed by atoms with Crippen molar-refractivity contribution >= 4 is 5.97 Å². The SMILES string of the molecule is CC(C)C#C[C@@H]1COC(=O)C1. The summed E-state index contributed by atoms with van der Waals surface area (Å²) in [5, 5.41) is 0. The number of cyclic esters (lactones) is 1. The normalized spacial score (nSPS) is 22.8. The highest BCUT2D eigenvalue weighted by Gasteiger charge is 2.21. The van der Waals surface area contributed by atoms with Gasteiger partial charge in [-0.25, -0.2) is 0 Å². The van der Waals surface area contributed by atoms with Crippen LogP contribution in [-0.2, 0) is 9.53 Å². The Bertz CT molecular complexity index is 207. The summed E-state index contributed by atoms with van der Waals surface area (Å²) in [6.45, 7) is 4.55. The van der Waals surface area contributed by atoms with Crippen LogP contribution in [0.3, 0.4) is 0 Å². The average molecular weight is 152 g/mol. The minimum Gasteiger partial charge on any atom is -0.464 e. The van der Waals surface area contributed by atoms with E-state index in [2.05, 4.69) is 11.8 Å². The van der Waals surface area contributed by atoms with Crippen molar-refractivity contribution in [3.63, 3.8) is 0 Å². The molecule has 11 heavy (non-hydrogen) atoms. The maximum atomic E-state index is 10.6. The highest BCUT2D eigenvalue weighted by Crippen LogP contribution is 2.12. The number of hydrogen-bond acceptors (Lipinski definition) is 2. The second-order valence-electron chi connectivity index (χ2n) is 3.03. The molecule has 0 N–H and O–H groups in total. The van der Waals surface area contributed by atoms with Crippen molar-refractivity contribution < 1.29 is 9.53 Å². The molecule has 0 aromatic rings. The zero-order valence-electron chi connectivity index (χ0n) is 6.89. The molecule has 0 unspecified atom stereocenters. The minimum absolute atomic E-state index is 0.118. The molecule has 1 atom stereocenters. The van der Waals surface area contributed by atoms with Gasteiger partial charge in [0.15, 0.2) is 0 Å². The Balaban J connectivity index is 2.41. The third kappa shape index (κ3) is 2.63. The predicted octanol–water partition coefficient (Wildman–Crippen LogP) is 1.21. The Hall–Kier alpha value is -0.970. The second kappa shape index (κ2) is 3.43. The summed E-state index contributed by atoms with van der Waals surface area (Å²) in [7, 11) is 0. The van der Waals surface area contributed by atoms with Crippen molar-refractivity contribution in [1.29, 1.82) is 0 Å². The summed E-state index contributed by atoms with van der Waals surface area (Å²) in [4.78, 5) is 10.6. The van der Waals surface area contributed by atoms with Crippen molar-refractivity contribution in [2.45, 2.75) is 20.3 Å². The fourth-order valence-electron chi connectivity index (χ4n) is 0.890. The molecule has 0 aromatic heterocycles. The van der Waals surface area contributed by atoms with Crippen LogP contribution in [0.25, 0.3) is 0 Å². The molecule has 1 rings (SSSR count). The molecule has 2 heteroatoms. The van der Waals surface area contributed by atoms with E-state index < -0.39 is 0 Å². The summed E-state index contributed by atoms with van der Waals surface area (Å²) >= 11 is 0. The number of carbonyl (C=O) groups is 1. The highest BCUT2D eigenvalue weighted by atomic mass is 16.5. The molecule has 0 aromatic carbocycles. The maximum Gasteiger partial charge on any atom is 0.307 e. The lowest BCUT2D eigenvalue weighted by atomic mass is 10.1. The summed E-state index contributed by atoms with van der Waals surface area (Å²) < 4.78 is 4.76. The first-order valence-electron chi connectivity index (χ1n) is 3.85. The van der Waals surface area contributed by atoms with Gasteiger partial charge in [0.05, 0.1) is 12.3 Å². The maximum absolute atomic E-state index is 10.6. The Kier molecular flexibility index (Phi) is 2.53. The largest absolute Gasteiger partial charge is 0.464 e. The molecule has 1 aliphatic heterocycles. The van der Waals surface area contributed by atoms with Gasteiger partial charge in [0.1, 0.15) is 6.61 Å². The first-order chi connectivity index (χ1) is 5.18. The van der Waals surface area contributed by atoms with E-state index in [4.69, 9.17) is 4.74 Å². The molecule has 1 heterocycles. The van der Waals surface area contributed by atoms with Gasteiger partial charge in [-0.15, -0.1) is 5.92 Å². The van der Waals surface area contributed by atoms with Gasteiger partial charge in [0.25, 0.3) is 0 Å². The number of carbonyl (C=O) groups excluding carboxylic acids is 1. The average Bonchev–Trinajstić information content (AvgIpc) is 2.31. The number of esters is 1. The molecule has 0 radical (unpaired) electrons. The Morgan fingerprint density at radius 2 is 2.36 bits per heavy atom. The minimum atomic E-state index is -0.118. The molecule has 60 valence electrons. The summed E-state index contributed by atoms with van der Waals surface area (Å²) in [6.07, 6.45) is 0.472.